The summed E-state index contributed by atoms with van der Waals surface area (Å²) in [7, 11) is 1.17. The van der Waals surface area contributed by atoms with Crippen molar-refractivity contribution in [2.45, 2.75) is 6.42 Å². The Labute approximate surface area is 126 Å². The number of carbonyl (C=O) groups is 2. The van der Waals surface area contributed by atoms with E-state index in [1.54, 1.807) is 0 Å². The molecule has 0 atom stereocenters. The first kappa shape index (κ1) is 14.0. The Morgan fingerprint density at radius 1 is 1.09 bits per heavy atom. The molecule has 0 fully saturated rings. The van der Waals surface area contributed by atoms with Gasteiger partial charge < -0.3 is 9.72 Å². The highest BCUT2D eigenvalue weighted by molar-refractivity contribution is 6.39. The second kappa shape index (κ2) is 5.81. The van der Waals surface area contributed by atoms with Crippen molar-refractivity contribution in [1.82, 2.24) is 9.97 Å². The molecular formula is C17H14N2O3. The molecular weight excluding hydrogens is 280 g/mol. The van der Waals surface area contributed by atoms with Crippen molar-refractivity contribution in [3.8, 4) is 0 Å². The van der Waals surface area contributed by atoms with E-state index in [1.807, 2.05) is 36.4 Å². The van der Waals surface area contributed by atoms with E-state index in [0.717, 1.165) is 17.5 Å². The summed E-state index contributed by atoms with van der Waals surface area (Å²) < 4.78 is 4.42. The Kier molecular flexibility index (Phi) is 3.70. The molecule has 3 aromatic rings. The van der Waals surface area contributed by atoms with Gasteiger partial charge in [-0.1, -0.05) is 36.4 Å². The van der Waals surface area contributed by atoms with Gasteiger partial charge in [0.15, 0.2) is 5.82 Å². The molecule has 0 amide bonds. The number of aromatic nitrogens is 2. The lowest BCUT2D eigenvalue weighted by Crippen LogP contribution is -2.16. The standard InChI is InChI=1S/C17H14N2O3/c1-22-17(21)15(20)16-18-13-8-7-12(10-14(13)19-16)9-11-5-3-2-4-6-11/h2-8,10H,9H2,1H3,(H,18,19). The molecule has 5 heteroatoms. The third-order valence-electron chi connectivity index (χ3n) is 3.38. The Hall–Kier alpha value is -2.95. The molecule has 0 spiro atoms. The van der Waals surface area contributed by atoms with Crippen molar-refractivity contribution < 1.29 is 14.3 Å². The lowest BCUT2D eigenvalue weighted by molar-refractivity contribution is -0.135. The molecule has 0 bridgehead atoms. The number of rotatable bonds is 4. The van der Waals surface area contributed by atoms with E-state index in [1.165, 1.54) is 12.7 Å². The first-order valence-corrected chi connectivity index (χ1v) is 6.82. The number of aromatic amines is 1. The summed E-state index contributed by atoms with van der Waals surface area (Å²) in [5.74, 6) is -1.70. The monoisotopic (exact) mass is 294 g/mol. The first-order valence-electron chi connectivity index (χ1n) is 6.82. The summed E-state index contributed by atoms with van der Waals surface area (Å²) in [6, 6.07) is 15.8. The number of imidazole rings is 1. The summed E-state index contributed by atoms with van der Waals surface area (Å²) in [5, 5.41) is 0. The molecule has 0 saturated carbocycles. The summed E-state index contributed by atoms with van der Waals surface area (Å²) in [5.41, 5.74) is 3.66. The van der Waals surface area contributed by atoms with Crippen molar-refractivity contribution in [3.63, 3.8) is 0 Å². The maximum absolute atomic E-state index is 11.8. The zero-order chi connectivity index (χ0) is 15.5. The van der Waals surface area contributed by atoms with E-state index in [-0.39, 0.29) is 5.82 Å². The third kappa shape index (κ3) is 2.74. The quantitative estimate of drug-likeness (QED) is 0.456. The highest BCUT2D eigenvalue weighted by atomic mass is 16.5. The number of nitrogens with zero attached hydrogens (tertiary/aromatic N) is 1. The van der Waals surface area contributed by atoms with Gasteiger partial charge in [0.2, 0.25) is 0 Å². The number of benzene rings is 2. The normalized spacial score (nSPS) is 10.6. The van der Waals surface area contributed by atoms with Crippen LogP contribution in [0.2, 0.25) is 0 Å². The average Bonchev–Trinajstić information content (AvgIpc) is 2.97. The van der Waals surface area contributed by atoms with E-state index in [9.17, 15) is 9.59 Å². The van der Waals surface area contributed by atoms with Crippen LogP contribution in [0.25, 0.3) is 11.0 Å². The number of methoxy groups -OCH3 is 1. The van der Waals surface area contributed by atoms with E-state index >= 15 is 0 Å². The minimum Gasteiger partial charge on any atom is -0.463 e. The molecule has 1 aromatic heterocycles. The van der Waals surface area contributed by atoms with Crippen molar-refractivity contribution >= 4 is 22.8 Å². The minimum atomic E-state index is -0.927. The van der Waals surface area contributed by atoms with Crippen molar-refractivity contribution in [3.05, 3.63) is 65.5 Å². The van der Waals surface area contributed by atoms with Gasteiger partial charge >= 0.3 is 11.8 Å². The van der Waals surface area contributed by atoms with Crippen LogP contribution in [-0.4, -0.2) is 28.8 Å². The first-order chi connectivity index (χ1) is 10.7. The van der Waals surface area contributed by atoms with Crippen molar-refractivity contribution in [1.29, 1.82) is 0 Å². The number of ether oxygens (including phenoxy) is 1. The van der Waals surface area contributed by atoms with Crippen LogP contribution in [0.5, 0.6) is 0 Å². The molecule has 110 valence electrons. The van der Waals surface area contributed by atoms with Gasteiger partial charge in [0.1, 0.15) is 0 Å². The molecule has 2 aromatic carbocycles. The summed E-state index contributed by atoms with van der Waals surface area (Å²) in [6.45, 7) is 0. The van der Waals surface area contributed by atoms with Crippen LogP contribution in [0.15, 0.2) is 48.5 Å². The number of hydrogen-bond donors (Lipinski definition) is 1. The van der Waals surface area contributed by atoms with E-state index in [0.29, 0.717) is 5.52 Å². The Balaban J connectivity index is 1.90. The minimum absolute atomic E-state index is 0.00119. The molecule has 0 radical (unpaired) electrons. The van der Waals surface area contributed by atoms with Gasteiger partial charge in [-0.2, -0.15) is 0 Å². The molecule has 0 aliphatic heterocycles. The second-order valence-corrected chi connectivity index (χ2v) is 4.92. The maximum Gasteiger partial charge on any atom is 0.382 e. The number of Topliss-reactive ketones (excluding diaryl/α,β-unsaturated/α-hetero) is 1. The highest BCUT2D eigenvalue weighted by Gasteiger charge is 2.20. The maximum atomic E-state index is 11.8. The van der Waals surface area contributed by atoms with E-state index in [2.05, 4.69) is 26.8 Å². The zero-order valence-electron chi connectivity index (χ0n) is 12.0. The molecule has 1 N–H and O–H groups in total. The van der Waals surface area contributed by atoms with Gasteiger partial charge in [0.05, 0.1) is 18.1 Å². The molecule has 1 heterocycles. The van der Waals surface area contributed by atoms with E-state index < -0.39 is 11.8 Å². The van der Waals surface area contributed by atoms with Crippen LogP contribution < -0.4 is 0 Å². The molecule has 5 nitrogen and oxygen atoms in total. The molecule has 0 aliphatic rings. The summed E-state index contributed by atoms with van der Waals surface area (Å²) in [4.78, 5) is 30.0. The summed E-state index contributed by atoms with van der Waals surface area (Å²) >= 11 is 0. The van der Waals surface area contributed by atoms with Crippen LogP contribution in [0.1, 0.15) is 21.7 Å². The van der Waals surface area contributed by atoms with E-state index in [4.69, 9.17) is 0 Å². The number of hydrogen-bond acceptors (Lipinski definition) is 4. The predicted octanol–water partition coefficient (Wildman–Crippen LogP) is 2.51. The Morgan fingerprint density at radius 3 is 2.59 bits per heavy atom. The molecule has 0 saturated heterocycles. The van der Waals surface area contributed by atoms with Crippen LogP contribution in [-0.2, 0) is 16.0 Å². The Bertz CT molecular complexity index is 837. The molecule has 22 heavy (non-hydrogen) atoms. The zero-order valence-corrected chi connectivity index (χ0v) is 12.0. The average molecular weight is 294 g/mol. The van der Waals surface area contributed by atoms with Crippen LogP contribution in [0.4, 0.5) is 0 Å². The number of esters is 1. The lowest BCUT2D eigenvalue weighted by atomic mass is 10.0. The summed E-state index contributed by atoms with van der Waals surface area (Å²) in [6.07, 6.45) is 0.788. The fourth-order valence-corrected chi connectivity index (χ4v) is 2.30. The van der Waals surface area contributed by atoms with Gasteiger partial charge in [-0.25, -0.2) is 9.78 Å². The lowest BCUT2D eigenvalue weighted by Gasteiger charge is -2.01. The van der Waals surface area contributed by atoms with Gasteiger partial charge in [-0.3, -0.25) is 4.79 Å². The highest BCUT2D eigenvalue weighted by Crippen LogP contribution is 2.17. The van der Waals surface area contributed by atoms with Crippen LogP contribution in [0, 0.1) is 0 Å². The largest absolute Gasteiger partial charge is 0.463 e. The van der Waals surface area contributed by atoms with Gasteiger partial charge in [0, 0.05) is 0 Å². The predicted molar refractivity (Wildman–Crippen MR) is 81.7 cm³/mol. The smallest absolute Gasteiger partial charge is 0.382 e. The van der Waals surface area contributed by atoms with Crippen LogP contribution >= 0.6 is 0 Å². The topological polar surface area (TPSA) is 72.1 Å². The van der Waals surface area contributed by atoms with Crippen LogP contribution in [0.3, 0.4) is 0 Å². The number of H-pyrrole nitrogens is 1. The molecule has 0 unspecified atom stereocenters. The fourth-order valence-electron chi connectivity index (χ4n) is 2.30. The van der Waals surface area contributed by atoms with Gasteiger partial charge in [-0.05, 0) is 29.7 Å². The number of fused-ring (bicyclic) bond motifs is 1. The molecule has 0 aliphatic carbocycles. The number of ketones is 1. The van der Waals surface area contributed by atoms with Gasteiger partial charge in [0.25, 0.3) is 0 Å². The van der Waals surface area contributed by atoms with Crippen molar-refractivity contribution in [2.24, 2.45) is 0 Å². The second-order valence-electron chi connectivity index (χ2n) is 4.92. The number of carbonyl (C=O) groups excluding carboxylic acids is 2. The molecule has 3 rings (SSSR count). The number of nitrogens with one attached hydrogen (secondary N) is 1. The SMILES string of the molecule is COC(=O)C(=O)c1nc2ccc(Cc3ccccc3)cc2[nH]1. The third-order valence-corrected chi connectivity index (χ3v) is 3.38. The van der Waals surface area contributed by atoms with Gasteiger partial charge in [-0.15, -0.1) is 0 Å². The fraction of sp³-hybridized carbons (Fsp3) is 0.118. The Morgan fingerprint density at radius 2 is 1.86 bits per heavy atom. The van der Waals surface area contributed by atoms with Crippen molar-refractivity contribution in [2.75, 3.05) is 7.11 Å².